The van der Waals surface area contributed by atoms with Crippen LogP contribution in [0.3, 0.4) is 0 Å². The zero-order valence-electron chi connectivity index (χ0n) is 29.6. The number of alkyl halides is 1. The quantitative estimate of drug-likeness (QED) is 0.0515. The first-order valence-corrected chi connectivity index (χ1v) is 20.1. The molecule has 51 heavy (non-hydrogen) atoms. The first kappa shape index (κ1) is 39.8. The van der Waals surface area contributed by atoms with Gasteiger partial charge in [0.15, 0.2) is 0 Å². The van der Waals surface area contributed by atoms with Crippen LogP contribution in [-0.2, 0) is 23.1 Å². The number of nitrogens with one attached hydrogen (secondary N) is 1. The van der Waals surface area contributed by atoms with E-state index >= 15 is 0 Å². The minimum Gasteiger partial charge on any atom is -0.497 e. The van der Waals surface area contributed by atoms with Crippen molar-refractivity contribution in [2.45, 2.75) is 39.8 Å². The Hall–Kier alpha value is -3.94. The van der Waals surface area contributed by atoms with Crippen molar-refractivity contribution < 1.29 is 27.5 Å². The van der Waals surface area contributed by atoms with Gasteiger partial charge in [-0.1, -0.05) is 0 Å². The van der Waals surface area contributed by atoms with E-state index < -0.39 is 10.0 Å². The van der Waals surface area contributed by atoms with Gasteiger partial charge >= 0.3 is 0 Å². The summed E-state index contributed by atoms with van der Waals surface area (Å²) in [5, 5.41) is 2.16. The number of nitrogens with zero attached hydrogens (tertiary/aromatic N) is 2. The highest BCUT2D eigenvalue weighted by atomic mass is 35.5. The number of aryl methyl sites for hydroxylation is 4. The van der Waals surface area contributed by atoms with Gasteiger partial charge in [0.05, 0.1) is 30.2 Å². The Kier molecular flexibility index (Phi) is 13.7. The fraction of sp³-hybridized carbons (Fsp3) is 0.289. The van der Waals surface area contributed by atoms with Crippen LogP contribution in [0.2, 0.25) is 0 Å². The van der Waals surface area contributed by atoms with E-state index in [4.69, 9.17) is 21.1 Å². The summed E-state index contributed by atoms with van der Waals surface area (Å²) in [6.45, 7) is 6.07. The third-order valence-electron chi connectivity index (χ3n) is 8.14. The monoisotopic (exact) mass is 768 g/mol. The van der Waals surface area contributed by atoms with Gasteiger partial charge in [0.25, 0.3) is 0 Å². The molecule has 0 saturated carbocycles. The van der Waals surface area contributed by atoms with E-state index in [2.05, 4.69) is 32.9 Å². The first-order valence-electron chi connectivity index (χ1n) is 16.0. The number of benzene rings is 2. The zero-order valence-corrected chi connectivity index (χ0v) is 32.8. The first-order chi connectivity index (χ1) is 23.9. The van der Waals surface area contributed by atoms with E-state index in [1.165, 1.54) is 17.0 Å². The number of halogens is 1. The van der Waals surface area contributed by atoms with Crippen LogP contribution in [0, 0.1) is 21.3 Å². The molecule has 2 aromatic carbocycles. The van der Waals surface area contributed by atoms with Gasteiger partial charge in [0, 0.05) is 58.8 Å². The zero-order chi connectivity index (χ0) is 36.0. The van der Waals surface area contributed by atoms with E-state index in [9.17, 15) is 18.0 Å². The number of thiophene rings is 2. The Bertz CT molecular complexity index is 2210. The van der Waals surface area contributed by atoms with Crippen molar-refractivity contribution in [1.29, 1.82) is 0 Å². The lowest BCUT2D eigenvalue weighted by Gasteiger charge is -2.07. The molecule has 9 nitrogen and oxygen atoms in total. The summed E-state index contributed by atoms with van der Waals surface area (Å²) < 4.78 is 39.5. The maximum absolute atomic E-state index is 12.8. The predicted octanol–water partition coefficient (Wildman–Crippen LogP) is 8.52. The van der Waals surface area contributed by atoms with Crippen LogP contribution in [0.4, 0.5) is 0 Å². The number of sulfonamides is 1. The predicted molar refractivity (Wildman–Crippen MR) is 211 cm³/mol. The summed E-state index contributed by atoms with van der Waals surface area (Å²) in [6, 6.07) is 22.4. The number of ether oxygens (including phenoxy) is 2. The van der Waals surface area contributed by atoms with Crippen molar-refractivity contribution >= 4 is 76.3 Å². The molecule has 0 aliphatic heterocycles. The summed E-state index contributed by atoms with van der Waals surface area (Å²) >= 11 is 8.82. The number of hydrogen-bond donors (Lipinski definition) is 1. The van der Waals surface area contributed by atoms with Crippen molar-refractivity contribution in [2.75, 3.05) is 32.9 Å². The smallest absolute Gasteiger partial charge is 0.208 e. The van der Waals surface area contributed by atoms with E-state index in [1.54, 1.807) is 62.0 Å². The minimum absolute atomic E-state index is 0. The molecular weight excluding hydrogens is 726 g/mol. The molecule has 6 aromatic rings. The van der Waals surface area contributed by atoms with Crippen LogP contribution >= 0.6 is 34.3 Å². The maximum atomic E-state index is 12.8. The Balaban J connectivity index is 0.000000227. The van der Waals surface area contributed by atoms with E-state index in [-0.39, 0.29) is 19.0 Å². The highest BCUT2D eigenvalue weighted by Gasteiger charge is 2.18. The highest BCUT2D eigenvalue weighted by molar-refractivity contribution is 7.88. The summed E-state index contributed by atoms with van der Waals surface area (Å²) in [4.78, 5) is 29.1. The molecule has 1 N–H and O–H groups in total. The second kappa shape index (κ2) is 17.5. The number of ketones is 2. The fourth-order valence-corrected chi connectivity index (χ4v) is 8.61. The summed E-state index contributed by atoms with van der Waals surface area (Å²) in [5.41, 5.74) is 3.61. The van der Waals surface area contributed by atoms with Crippen LogP contribution in [0.1, 0.15) is 54.7 Å². The van der Waals surface area contributed by atoms with Gasteiger partial charge in [0.2, 0.25) is 21.6 Å². The maximum Gasteiger partial charge on any atom is 0.208 e. The Morgan fingerprint density at radius 1 is 0.725 bits per heavy atom. The van der Waals surface area contributed by atoms with Crippen molar-refractivity contribution in [3.05, 3.63) is 112 Å². The summed E-state index contributed by atoms with van der Waals surface area (Å²) in [7, 11) is 0.0375. The van der Waals surface area contributed by atoms with E-state index in [1.807, 2.05) is 31.2 Å². The van der Waals surface area contributed by atoms with Gasteiger partial charge in [-0.05, 0) is 99.5 Å². The van der Waals surface area contributed by atoms with Gasteiger partial charge in [-0.25, -0.2) is 13.1 Å². The van der Waals surface area contributed by atoms with Gasteiger partial charge in [-0.15, -0.1) is 34.3 Å². The van der Waals surface area contributed by atoms with Crippen molar-refractivity contribution in [2.24, 2.45) is 0 Å². The molecule has 0 bridgehead atoms. The largest absolute Gasteiger partial charge is 0.497 e. The number of methoxy groups -OCH3 is 2. The van der Waals surface area contributed by atoms with Crippen LogP contribution in [0.15, 0.2) is 72.8 Å². The lowest BCUT2D eigenvalue weighted by atomic mass is 10.1. The lowest BCUT2D eigenvalue weighted by Crippen LogP contribution is -2.23. The van der Waals surface area contributed by atoms with Crippen molar-refractivity contribution in [3.8, 4) is 11.5 Å². The van der Waals surface area contributed by atoms with Gasteiger partial charge in [-0.3, -0.25) is 9.59 Å². The molecule has 0 radical (unpaired) electrons. The molecule has 0 fully saturated rings. The molecule has 13 heteroatoms. The Morgan fingerprint density at radius 3 is 1.51 bits per heavy atom. The Labute approximate surface area is 312 Å². The molecule has 0 unspecified atom stereocenters. The van der Waals surface area contributed by atoms with Gasteiger partial charge in [0.1, 0.15) is 21.2 Å². The summed E-state index contributed by atoms with van der Waals surface area (Å²) in [6.07, 6.45) is 2.76. The molecule has 4 aromatic heterocycles. The number of carbonyl (C=O) groups excluding carboxylic acids is 2. The molecule has 0 atom stereocenters. The average molecular weight is 769 g/mol. The molecular formula is C38H43ClN3O6S3-. The van der Waals surface area contributed by atoms with E-state index in [0.717, 1.165) is 56.0 Å². The second-order valence-corrected chi connectivity index (χ2v) is 16.1. The molecule has 0 spiro atoms. The normalized spacial score (nSPS) is 11.3. The second-order valence-electron chi connectivity index (χ2n) is 11.8. The van der Waals surface area contributed by atoms with Crippen LogP contribution < -0.4 is 14.2 Å². The highest BCUT2D eigenvalue weighted by Crippen LogP contribution is 2.32. The molecule has 0 aliphatic rings. The molecule has 0 amide bonds. The van der Waals surface area contributed by atoms with E-state index in [0.29, 0.717) is 47.1 Å². The van der Waals surface area contributed by atoms with Crippen LogP contribution in [-0.4, -0.2) is 62.0 Å². The molecule has 0 aliphatic carbocycles. The molecule has 4 heterocycles. The third-order valence-corrected chi connectivity index (χ3v) is 11.5. The van der Waals surface area contributed by atoms with Gasteiger partial charge < -0.3 is 26.0 Å². The van der Waals surface area contributed by atoms with Crippen molar-refractivity contribution in [1.82, 2.24) is 13.9 Å². The summed E-state index contributed by atoms with van der Waals surface area (Å²) in [5.74, 6) is 2.15. The van der Waals surface area contributed by atoms with Crippen LogP contribution in [0.5, 0.6) is 11.5 Å². The number of fused-ring (bicyclic) bond motifs is 2. The number of aromatic nitrogens is 2. The average Bonchev–Trinajstić information content (AvgIpc) is 3.85. The topological polar surface area (TPSA) is 109 Å². The van der Waals surface area contributed by atoms with Gasteiger partial charge in [-0.2, -0.15) is 0 Å². The van der Waals surface area contributed by atoms with Crippen LogP contribution in [0.25, 0.3) is 20.4 Å². The number of rotatable bonds is 14. The number of carbonyl (C=O) groups is 2. The molecule has 272 valence electrons. The minimum atomic E-state index is -3.17. The molecule has 6 rings (SSSR count). The third kappa shape index (κ3) is 9.69. The number of hydrogen-bond acceptors (Lipinski definition) is 8. The fourth-order valence-electron chi connectivity index (χ4n) is 5.61. The Morgan fingerprint density at radius 2 is 1.14 bits per heavy atom. The SMILES string of the molecule is COc1ccc(C(=O)c2cc3cc(C)n(CCCCl)c3s2)cc1.COc1ccc(C(=O)c2cc3cc(C)n(CCCNS(C)(=O)=O)c3s2)cc1.[CH3-]. The lowest BCUT2D eigenvalue weighted by molar-refractivity contribution is 0.103. The van der Waals surface area contributed by atoms with Crippen molar-refractivity contribution in [3.63, 3.8) is 0 Å². The standard InChI is InChI=1S/C19H22N2O4S2.C18H18ClNO2S.CH3/c1-13-11-15-12-17(18(22)14-5-7-16(25-2)8-6-14)26-19(15)21(13)10-4-9-20-27(3,23)24;1-12-10-14-11-16(23-18(14)20(12)9-3-8-19)17(21)13-4-6-15(22-2)7-5-13;/h5-8,11-12,20H,4,9-10H2,1-3H3;4-7,10-11H,3,8-9H2,1-2H3;1H3/q;;-1. The molecule has 0 saturated heterocycles.